The van der Waals surface area contributed by atoms with Gasteiger partial charge < -0.3 is 5.32 Å². The Morgan fingerprint density at radius 1 is 1.25 bits per heavy atom. The molecule has 0 bridgehead atoms. The largest absolute Gasteiger partial charge is 0.326 e. The van der Waals surface area contributed by atoms with Crippen molar-refractivity contribution in [2.75, 3.05) is 5.32 Å². The van der Waals surface area contributed by atoms with Gasteiger partial charge in [0.15, 0.2) is 0 Å². The van der Waals surface area contributed by atoms with Crippen molar-refractivity contribution in [3.05, 3.63) is 29.3 Å². The number of anilines is 1. The summed E-state index contributed by atoms with van der Waals surface area (Å²) in [5.74, 6) is 0.135. The van der Waals surface area contributed by atoms with Crippen LogP contribution in [0.2, 0.25) is 0 Å². The number of carbonyl (C=O) groups excluding carboxylic acids is 1. The fraction of sp³-hybridized carbons (Fsp3) is 0.500. The molecule has 0 radical (unpaired) electrons. The Kier molecular flexibility index (Phi) is 2.75. The molecular weight excluding hydrogens is 198 g/mol. The molecule has 1 aromatic rings. The molecule has 1 heterocycles. The lowest BCUT2D eigenvalue weighted by molar-refractivity contribution is -0.116. The molecule has 0 unspecified atom stereocenters. The summed E-state index contributed by atoms with van der Waals surface area (Å²) in [6.07, 6.45) is 2.57. The smallest absolute Gasteiger partial charge is 0.224 e. The molecule has 0 aromatic heterocycles. The van der Waals surface area contributed by atoms with Gasteiger partial charge in [0.05, 0.1) is 0 Å². The second kappa shape index (κ2) is 3.93. The third-order valence-corrected chi connectivity index (χ3v) is 2.80. The molecule has 86 valence electrons. The van der Waals surface area contributed by atoms with Crippen LogP contribution in [0.1, 0.15) is 38.3 Å². The third-order valence-electron chi connectivity index (χ3n) is 2.80. The Balaban J connectivity index is 2.23. The summed E-state index contributed by atoms with van der Waals surface area (Å²) in [6, 6.07) is 6.39. The minimum Gasteiger partial charge on any atom is -0.326 e. The van der Waals surface area contributed by atoms with Gasteiger partial charge in [-0.05, 0) is 35.4 Å². The number of hydrogen-bond donors (Lipinski definition) is 1. The van der Waals surface area contributed by atoms with Crippen molar-refractivity contribution in [1.29, 1.82) is 0 Å². The molecule has 2 heteroatoms. The Morgan fingerprint density at radius 2 is 2.00 bits per heavy atom. The van der Waals surface area contributed by atoms with Gasteiger partial charge >= 0.3 is 0 Å². The number of fused-ring (bicyclic) bond motifs is 1. The van der Waals surface area contributed by atoms with Gasteiger partial charge in [0.1, 0.15) is 0 Å². The van der Waals surface area contributed by atoms with E-state index in [1.807, 2.05) is 6.07 Å². The molecule has 0 spiro atoms. The molecule has 0 aliphatic carbocycles. The van der Waals surface area contributed by atoms with Crippen LogP contribution in [0.4, 0.5) is 5.69 Å². The minimum atomic E-state index is 0.135. The molecule has 1 aromatic carbocycles. The van der Waals surface area contributed by atoms with Crippen LogP contribution in [-0.2, 0) is 17.6 Å². The summed E-state index contributed by atoms with van der Waals surface area (Å²) in [4.78, 5) is 11.2. The molecule has 2 rings (SSSR count). The first-order valence-electron chi connectivity index (χ1n) is 5.86. The molecule has 0 atom stereocenters. The second-order valence-corrected chi connectivity index (χ2v) is 5.78. The average Bonchev–Trinajstić information content (AvgIpc) is 2.16. The van der Waals surface area contributed by atoms with Gasteiger partial charge in [0.25, 0.3) is 0 Å². The average molecular weight is 217 g/mol. The van der Waals surface area contributed by atoms with Crippen LogP contribution >= 0.6 is 0 Å². The van der Waals surface area contributed by atoms with Crippen LogP contribution in [0.25, 0.3) is 0 Å². The van der Waals surface area contributed by atoms with Gasteiger partial charge in [-0.1, -0.05) is 32.9 Å². The van der Waals surface area contributed by atoms with E-state index in [1.165, 1.54) is 11.1 Å². The van der Waals surface area contributed by atoms with Crippen molar-refractivity contribution in [2.45, 2.75) is 40.0 Å². The number of aryl methyl sites for hydroxylation is 1. The highest BCUT2D eigenvalue weighted by atomic mass is 16.1. The molecule has 1 amide bonds. The van der Waals surface area contributed by atoms with E-state index in [2.05, 4.69) is 38.2 Å². The molecule has 0 fully saturated rings. The van der Waals surface area contributed by atoms with Crippen LogP contribution < -0.4 is 5.32 Å². The monoisotopic (exact) mass is 217 g/mol. The first-order valence-corrected chi connectivity index (χ1v) is 5.86. The lowest BCUT2D eigenvalue weighted by atomic mass is 9.87. The molecule has 1 aliphatic rings. The first-order chi connectivity index (χ1) is 7.44. The quantitative estimate of drug-likeness (QED) is 0.769. The van der Waals surface area contributed by atoms with E-state index in [0.29, 0.717) is 11.8 Å². The number of hydrogen-bond acceptors (Lipinski definition) is 1. The van der Waals surface area contributed by atoms with Crippen LogP contribution in [-0.4, -0.2) is 5.91 Å². The molecule has 0 saturated carbocycles. The lowest BCUT2D eigenvalue weighted by Crippen LogP contribution is -2.19. The van der Waals surface area contributed by atoms with E-state index in [4.69, 9.17) is 0 Å². The van der Waals surface area contributed by atoms with Gasteiger partial charge in [-0.15, -0.1) is 0 Å². The van der Waals surface area contributed by atoms with Gasteiger partial charge in [-0.2, -0.15) is 0 Å². The summed E-state index contributed by atoms with van der Waals surface area (Å²) in [6.45, 7) is 6.73. The predicted octanol–water partition coefficient (Wildman–Crippen LogP) is 3.16. The summed E-state index contributed by atoms with van der Waals surface area (Å²) in [5.41, 5.74) is 3.95. The van der Waals surface area contributed by atoms with E-state index in [1.54, 1.807) is 0 Å². The van der Waals surface area contributed by atoms with Gasteiger partial charge in [0.2, 0.25) is 5.91 Å². The number of benzene rings is 1. The van der Waals surface area contributed by atoms with Crippen molar-refractivity contribution in [3.8, 4) is 0 Å². The topological polar surface area (TPSA) is 29.1 Å². The zero-order valence-corrected chi connectivity index (χ0v) is 10.3. The van der Waals surface area contributed by atoms with E-state index in [-0.39, 0.29) is 5.91 Å². The van der Waals surface area contributed by atoms with Crippen LogP contribution in [0.5, 0.6) is 0 Å². The first kappa shape index (κ1) is 11.2. The highest BCUT2D eigenvalue weighted by Gasteiger charge is 2.16. The number of amides is 1. The van der Waals surface area contributed by atoms with Crippen molar-refractivity contribution in [3.63, 3.8) is 0 Å². The standard InChI is InChI=1S/C14H19NO/c1-14(2,3)9-10-4-6-12-11(8-10)5-7-13(16)15-12/h4,6,8H,5,7,9H2,1-3H3,(H,15,16). The normalized spacial score (nSPS) is 15.6. The maximum atomic E-state index is 11.2. The fourth-order valence-corrected chi connectivity index (χ4v) is 2.16. The SMILES string of the molecule is CC(C)(C)Cc1ccc2c(c1)CCC(=O)N2. The summed E-state index contributed by atoms with van der Waals surface area (Å²) in [7, 11) is 0. The number of rotatable bonds is 1. The minimum absolute atomic E-state index is 0.135. The van der Waals surface area contributed by atoms with E-state index < -0.39 is 0 Å². The van der Waals surface area contributed by atoms with Crippen molar-refractivity contribution >= 4 is 11.6 Å². The Bertz CT molecular complexity index is 415. The Morgan fingerprint density at radius 3 is 2.69 bits per heavy atom. The zero-order chi connectivity index (χ0) is 11.8. The van der Waals surface area contributed by atoms with Gasteiger partial charge in [0, 0.05) is 12.1 Å². The summed E-state index contributed by atoms with van der Waals surface area (Å²) in [5, 5.41) is 2.91. The molecule has 1 N–H and O–H groups in total. The Labute approximate surface area is 97.1 Å². The van der Waals surface area contributed by atoms with Gasteiger partial charge in [-0.25, -0.2) is 0 Å². The summed E-state index contributed by atoms with van der Waals surface area (Å²) >= 11 is 0. The van der Waals surface area contributed by atoms with Crippen molar-refractivity contribution in [2.24, 2.45) is 5.41 Å². The molecule has 1 aliphatic heterocycles. The van der Waals surface area contributed by atoms with E-state index in [9.17, 15) is 4.79 Å². The Hall–Kier alpha value is -1.31. The van der Waals surface area contributed by atoms with Gasteiger partial charge in [-0.3, -0.25) is 4.79 Å². The van der Waals surface area contributed by atoms with E-state index >= 15 is 0 Å². The zero-order valence-electron chi connectivity index (χ0n) is 10.3. The predicted molar refractivity (Wildman–Crippen MR) is 66.6 cm³/mol. The highest BCUT2D eigenvalue weighted by molar-refractivity contribution is 5.93. The highest BCUT2D eigenvalue weighted by Crippen LogP contribution is 2.27. The molecule has 0 saturated heterocycles. The van der Waals surface area contributed by atoms with Crippen molar-refractivity contribution in [1.82, 2.24) is 0 Å². The van der Waals surface area contributed by atoms with Crippen LogP contribution in [0, 0.1) is 5.41 Å². The fourth-order valence-electron chi connectivity index (χ4n) is 2.16. The number of nitrogens with one attached hydrogen (secondary N) is 1. The van der Waals surface area contributed by atoms with Crippen molar-refractivity contribution < 1.29 is 4.79 Å². The summed E-state index contributed by atoms with van der Waals surface area (Å²) < 4.78 is 0. The maximum absolute atomic E-state index is 11.2. The molecule has 16 heavy (non-hydrogen) atoms. The number of carbonyl (C=O) groups is 1. The van der Waals surface area contributed by atoms with Crippen LogP contribution in [0.3, 0.4) is 0 Å². The second-order valence-electron chi connectivity index (χ2n) is 5.78. The van der Waals surface area contributed by atoms with E-state index in [0.717, 1.165) is 18.5 Å². The lowest BCUT2D eigenvalue weighted by Gasteiger charge is -2.21. The third kappa shape index (κ3) is 2.63. The maximum Gasteiger partial charge on any atom is 0.224 e. The van der Waals surface area contributed by atoms with Crippen LogP contribution in [0.15, 0.2) is 18.2 Å². The molecule has 2 nitrogen and oxygen atoms in total. The molecular formula is C14H19NO.